The van der Waals surface area contributed by atoms with Gasteiger partial charge >= 0.3 is 5.97 Å². The van der Waals surface area contributed by atoms with Gasteiger partial charge in [-0.3, -0.25) is 9.48 Å². The Morgan fingerprint density at radius 1 is 1.50 bits per heavy atom. The number of hydrogen-bond donors (Lipinski definition) is 1. The Morgan fingerprint density at radius 2 is 2.25 bits per heavy atom. The van der Waals surface area contributed by atoms with Gasteiger partial charge in [0.1, 0.15) is 18.7 Å². The number of carbonyl (C=O) groups excluding carboxylic acids is 1. The third-order valence-electron chi connectivity index (χ3n) is 3.20. The van der Waals surface area contributed by atoms with Crippen molar-refractivity contribution in [3.8, 4) is 0 Å². The van der Waals surface area contributed by atoms with Gasteiger partial charge < -0.3 is 10.0 Å². The maximum atomic E-state index is 12.4. The SMILES string of the molecule is CC(C)C1SCC(C(=O)O)N1C(=O)CCn1cncn1. The van der Waals surface area contributed by atoms with Crippen LogP contribution in [0.1, 0.15) is 20.3 Å². The Kier molecular flexibility index (Phi) is 4.64. The van der Waals surface area contributed by atoms with Crippen molar-refractivity contribution < 1.29 is 14.7 Å². The van der Waals surface area contributed by atoms with Crippen LogP contribution < -0.4 is 0 Å². The number of aromatic nitrogens is 3. The fourth-order valence-electron chi connectivity index (χ4n) is 2.23. The molecule has 0 aliphatic carbocycles. The molecule has 0 aromatic carbocycles. The Hall–Kier alpha value is -1.57. The first-order valence-electron chi connectivity index (χ1n) is 6.48. The molecule has 1 fully saturated rings. The third-order valence-corrected chi connectivity index (χ3v) is 4.82. The summed E-state index contributed by atoms with van der Waals surface area (Å²) in [6.07, 6.45) is 3.19. The van der Waals surface area contributed by atoms with Crippen LogP contribution in [0, 0.1) is 5.92 Å². The molecule has 1 N–H and O–H groups in total. The average Bonchev–Trinajstić information content (AvgIpc) is 3.04. The molecule has 1 aliphatic rings. The molecule has 20 heavy (non-hydrogen) atoms. The second-order valence-electron chi connectivity index (χ2n) is 5.03. The van der Waals surface area contributed by atoms with E-state index in [0.717, 1.165) is 0 Å². The summed E-state index contributed by atoms with van der Waals surface area (Å²) in [5.41, 5.74) is 0. The first kappa shape index (κ1) is 14.8. The van der Waals surface area contributed by atoms with Gasteiger partial charge in [-0.05, 0) is 5.92 Å². The van der Waals surface area contributed by atoms with Crippen LogP contribution >= 0.6 is 11.8 Å². The van der Waals surface area contributed by atoms with E-state index in [0.29, 0.717) is 12.3 Å². The number of aliphatic carboxylic acids is 1. The normalized spacial score (nSPS) is 22.4. The molecule has 2 unspecified atom stereocenters. The number of carboxylic acid groups (broad SMARTS) is 1. The number of thioether (sulfide) groups is 1. The molecular weight excluding hydrogens is 280 g/mol. The number of hydrogen-bond acceptors (Lipinski definition) is 5. The molecule has 2 heterocycles. The van der Waals surface area contributed by atoms with Crippen LogP contribution in [0.15, 0.2) is 12.7 Å². The lowest BCUT2D eigenvalue weighted by Crippen LogP contribution is -2.47. The summed E-state index contributed by atoms with van der Waals surface area (Å²) in [6, 6.07) is -0.726. The van der Waals surface area contributed by atoms with Crippen LogP contribution in [0.3, 0.4) is 0 Å². The van der Waals surface area contributed by atoms with Crippen molar-refractivity contribution in [2.75, 3.05) is 5.75 Å². The topological polar surface area (TPSA) is 88.3 Å². The van der Waals surface area contributed by atoms with E-state index in [4.69, 9.17) is 0 Å². The van der Waals surface area contributed by atoms with Gasteiger partial charge in [0.25, 0.3) is 0 Å². The smallest absolute Gasteiger partial charge is 0.327 e. The van der Waals surface area contributed by atoms with E-state index in [1.54, 1.807) is 11.0 Å². The number of carboxylic acids is 1. The molecule has 2 atom stereocenters. The van der Waals surface area contributed by atoms with Gasteiger partial charge in [0, 0.05) is 12.2 Å². The van der Waals surface area contributed by atoms with Crippen LogP contribution in [-0.2, 0) is 16.1 Å². The van der Waals surface area contributed by atoms with E-state index >= 15 is 0 Å². The van der Waals surface area contributed by atoms with Crippen molar-refractivity contribution >= 4 is 23.6 Å². The maximum absolute atomic E-state index is 12.4. The molecule has 1 aliphatic heterocycles. The van der Waals surface area contributed by atoms with Crippen molar-refractivity contribution in [1.29, 1.82) is 0 Å². The Bertz CT molecular complexity index is 477. The van der Waals surface area contributed by atoms with Crippen molar-refractivity contribution in [2.45, 2.75) is 38.2 Å². The fourth-order valence-corrected chi connectivity index (χ4v) is 3.73. The molecule has 0 bridgehead atoms. The number of carbonyl (C=O) groups is 2. The van der Waals surface area contributed by atoms with Gasteiger partial charge in [-0.25, -0.2) is 9.78 Å². The van der Waals surface area contributed by atoms with E-state index in [9.17, 15) is 14.7 Å². The quantitative estimate of drug-likeness (QED) is 0.860. The minimum atomic E-state index is -0.935. The van der Waals surface area contributed by atoms with E-state index in [1.165, 1.54) is 23.0 Å². The Balaban J connectivity index is 2.04. The lowest BCUT2D eigenvalue weighted by molar-refractivity contribution is -0.149. The van der Waals surface area contributed by atoms with Gasteiger partial charge in [-0.1, -0.05) is 13.8 Å². The zero-order valence-corrected chi connectivity index (χ0v) is 12.3. The molecule has 0 saturated carbocycles. The van der Waals surface area contributed by atoms with Crippen LogP contribution in [0.4, 0.5) is 0 Å². The standard InChI is InChI=1S/C12H18N4O3S/c1-8(2)11-16(9(5-20-11)12(18)19)10(17)3-4-15-7-13-6-14-15/h6-9,11H,3-5H2,1-2H3,(H,18,19). The van der Waals surface area contributed by atoms with Crippen molar-refractivity contribution in [2.24, 2.45) is 5.92 Å². The highest BCUT2D eigenvalue weighted by Crippen LogP contribution is 2.34. The molecule has 1 saturated heterocycles. The molecule has 0 spiro atoms. The lowest BCUT2D eigenvalue weighted by atomic mass is 10.1. The monoisotopic (exact) mass is 298 g/mol. The molecular formula is C12H18N4O3S. The van der Waals surface area contributed by atoms with Crippen LogP contribution in [0.5, 0.6) is 0 Å². The van der Waals surface area contributed by atoms with Gasteiger partial charge in [0.2, 0.25) is 5.91 Å². The summed E-state index contributed by atoms with van der Waals surface area (Å²) in [4.78, 5) is 29.0. The zero-order chi connectivity index (χ0) is 14.7. The highest BCUT2D eigenvalue weighted by molar-refractivity contribution is 8.00. The van der Waals surface area contributed by atoms with Gasteiger partial charge in [0.15, 0.2) is 0 Å². The molecule has 8 heteroatoms. The second-order valence-corrected chi connectivity index (χ2v) is 6.18. The largest absolute Gasteiger partial charge is 0.480 e. The minimum absolute atomic E-state index is 0.0700. The van der Waals surface area contributed by atoms with E-state index in [1.807, 2.05) is 13.8 Å². The predicted octanol–water partition coefficient (Wildman–Crippen LogP) is 0.679. The maximum Gasteiger partial charge on any atom is 0.327 e. The highest BCUT2D eigenvalue weighted by Gasteiger charge is 2.42. The summed E-state index contributed by atoms with van der Waals surface area (Å²) < 4.78 is 1.57. The van der Waals surface area contributed by atoms with Crippen molar-refractivity contribution in [3.63, 3.8) is 0 Å². The Labute approximate surface area is 121 Å². The summed E-state index contributed by atoms with van der Waals surface area (Å²) in [5, 5.41) is 13.1. The lowest BCUT2D eigenvalue weighted by Gasteiger charge is -2.29. The van der Waals surface area contributed by atoms with Crippen LogP contribution in [0.2, 0.25) is 0 Å². The van der Waals surface area contributed by atoms with Gasteiger partial charge in [-0.2, -0.15) is 5.10 Å². The first-order valence-corrected chi connectivity index (χ1v) is 7.53. The Morgan fingerprint density at radius 3 is 2.80 bits per heavy atom. The van der Waals surface area contributed by atoms with Crippen LogP contribution in [0.25, 0.3) is 0 Å². The third kappa shape index (κ3) is 3.12. The second kappa shape index (κ2) is 6.25. The van der Waals surface area contributed by atoms with Crippen molar-refractivity contribution in [3.05, 3.63) is 12.7 Å². The summed E-state index contributed by atoms with van der Waals surface area (Å²) in [5.74, 6) is -0.404. The number of aryl methyl sites for hydroxylation is 1. The molecule has 1 amide bonds. The van der Waals surface area contributed by atoms with Crippen LogP contribution in [-0.4, -0.2) is 53.8 Å². The molecule has 7 nitrogen and oxygen atoms in total. The predicted molar refractivity (Wildman–Crippen MR) is 74.0 cm³/mol. The molecule has 1 aromatic rings. The van der Waals surface area contributed by atoms with E-state index in [2.05, 4.69) is 10.1 Å². The molecule has 1 aromatic heterocycles. The minimum Gasteiger partial charge on any atom is -0.480 e. The summed E-state index contributed by atoms with van der Waals surface area (Å²) in [7, 11) is 0. The highest BCUT2D eigenvalue weighted by atomic mass is 32.2. The van der Waals surface area contributed by atoms with Gasteiger partial charge in [-0.15, -0.1) is 11.8 Å². The summed E-state index contributed by atoms with van der Waals surface area (Å²) >= 11 is 1.54. The zero-order valence-electron chi connectivity index (χ0n) is 11.5. The molecule has 2 rings (SSSR count). The molecule has 0 radical (unpaired) electrons. The summed E-state index contributed by atoms with van der Waals surface area (Å²) in [6.45, 7) is 4.41. The fraction of sp³-hybridized carbons (Fsp3) is 0.667. The average molecular weight is 298 g/mol. The first-order chi connectivity index (χ1) is 9.50. The number of nitrogens with zero attached hydrogens (tertiary/aromatic N) is 4. The van der Waals surface area contributed by atoms with Gasteiger partial charge in [0.05, 0.1) is 11.9 Å². The van der Waals surface area contributed by atoms with E-state index < -0.39 is 12.0 Å². The van der Waals surface area contributed by atoms with Crippen molar-refractivity contribution in [1.82, 2.24) is 19.7 Å². The molecule has 110 valence electrons. The number of rotatable bonds is 5. The number of amides is 1. The van der Waals surface area contributed by atoms with E-state index in [-0.39, 0.29) is 23.6 Å².